The van der Waals surface area contributed by atoms with Crippen LogP contribution in [0, 0.1) is 11.6 Å². The zero-order valence-corrected chi connectivity index (χ0v) is 12.6. The van der Waals surface area contributed by atoms with Crippen LogP contribution >= 0.6 is 0 Å². The Balaban J connectivity index is 1.84. The molecule has 0 aromatic heterocycles. The van der Waals surface area contributed by atoms with Gasteiger partial charge in [-0.15, -0.1) is 0 Å². The highest BCUT2D eigenvalue weighted by Crippen LogP contribution is 2.23. The van der Waals surface area contributed by atoms with Gasteiger partial charge in [0.05, 0.1) is 12.6 Å². The van der Waals surface area contributed by atoms with Crippen molar-refractivity contribution in [3.05, 3.63) is 35.4 Å². The summed E-state index contributed by atoms with van der Waals surface area (Å²) in [6, 6.07) is 2.97. The molecule has 0 aliphatic carbocycles. The minimum absolute atomic E-state index is 0.0478. The third-order valence-electron chi connectivity index (χ3n) is 3.86. The third kappa shape index (κ3) is 4.48. The summed E-state index contributed by atoms with van der Waals surface area (Å²) in [7, 11) is 0. The second-order valence-corrected chi connectivity index (χ2v) is 5.85. The quantitative estimate of drug-likeness (QED) is 0.847. The largest absolute Gasteiger partial charge is 0.383 e. The lowest BCUT2D eigenvalue weighted by molar-refractivity contribution is -0.122. The lowest BCUT2D eigenvalue weighted by atomic mass is 9.95. The van der Waals surface area contributed by atoms with Gasteiger partial charge < -0.3 is 15.2 Å². The summed E-state index contributed by atoms with van der Waals surface area (Å²) in [6.45, 7) is 1.98. The van der Waals surface area contributed by atoms with Crippen molar-refractivity contribution in [2.24, 2.45) is 0 Å². The SMILES string of the molecule is C[C@@](O)(CNC(=O)CC[C@H]1CCCO1)c1ccc(F)cc1F. The molecule has 1 fully saturated rings. The number of rotatable bonds is 6. The van der Waals surface area contributed by atoms with Crippen LogP contribution in [-0.4, -0.2) is 30.3 Å². The molecule has 0 saturated carbocycles. The zero-order chi connectivity index (χ0) is 16.2. The standard InChI is InChI=1S/C16H21F2NO3/c1-16(21,13-6-4-11(17)9-14(13)18)10-19-15(20)7-5-12-3-2-8-22-12/h4,6,9,12,21H,2-3,5,7-8,10H2,1H3,(H,19,20)/t12-,16-/m1/s1. The van der Waals surface area contributed by atoms with E-state index in [1.807, 2.05) is 0 Å². The van der Waals surface area contributed by atoms with Crippen LogP contribution in [0.15, 0.2) is 18.2 Å². The lowest BCUT2D eigenvalue weighted by Gasteiger charge is -2.25. The van der Waals surface area contributed by atoms with Crippen molar-refractivity contribution in [1.29, 1.82) is 0 Å². The maximum Gasteiger partial charge on any atom is 0.220 e. The van der Waals surface area contributed by atoms with Gasteiger partial charge in [-0.2, -0.15) is 0 Å². The van der Waals surface area contributed by atoms with E-state index in [0.29, 0.717) is 18.9 Å². The first-order chi connectivity index (χ1) is 10.4. The number of nitrogens with one attached hydrogen (secondary N) is 1. The van der Waals surface area contributed by atoms with Crippen molar-refractivity contribution < 1.29 is 23.4 Å². The molecule has 0 unspecified atom stereocenters. The molecule has 2 rings (SSSR count). The number of halogens is 2. The summed E-state index contributed by atoms with van der Waals surface area (Å²) in [6.07, 6.45) is 3.04. The fraction of sp³-hybridized carbons (Fsp3) is 0.562. The molecule has 4 nitrogen and oxygen atoms in total. The van der Waals surface area contributed by atoms with Gasteiger partial charge in [0.15, 0.2) is 0 Å². The highest BCUT2D eigenvalue weighted by Gasteiger charge is 2.27. The van der Waals surface area contributed by atoms with Crippen LogP contribution in [0.25, 0.3) is 0 Å². The fourth-order valence-electron chi connectivity index (χ4n) is 2.54. The van der Waals surface area contributed by atoms with Crippen LogP contribution in [0.5, 0.6) is 0 Å². The highest BCUT2D eigenvalue weighted by atomic mass is 19.1. The van der Waals surface area contributed by atoms with Crippen LogP contribution < -0.4 is 5.32 Å². The normalized spacial score (nSPS) is 20.6. The minimum Gasteiger partial charge on any atom is -0.383 e. The Kier molecular flexibility index (Phi) is 5.47. The molecular weight excluding hydrogens is 292 g/mol. The summed E-state index contributed by atoms with van der Waals surface area (Å²) in [5, 5.41) is 12.9. The number of ether oxygens (including phenoxy) is 1. The van der Waals surface area contributed by atoms with Crippen LogP contribution in [0.4, 0.5) is 8.78 Å². The van der Waals surface area contributed by atoms with Gasteiger partial charge >= 0.3 is 0 Å². The Labute approximate surface area is 128 Å². The number of benzene rings is 1. The Bertz CT molecular complexity index is 528. The van der Waals surface area contributed by atoms with Gasteiger partial charge in [0.25, 0.3) is 0 Å². The first-order valence-corrected chi connectivity index (χ1v) is 7.45. The average molecular weight is 313 g/mol. The van der Waals surface area contributed by atoms with Crippen molar-refractivity contribution in [3.63, 3.8) is 0 Å². The fourth-order valence-corrected chi connectivity index (χ4v) is 2.54. The van der Waals surface area contributed by atoms with Crippen molar-refractivity contribution in [1.82, 2.24) is 5.32 Å². The van der Waals surface area contributed by atoms with Crippen LogP contribution in [0.3, 0.4) is 0 Å². The number of carbonyl (C=O) groups is 1. The molecule has 1 aromatic carbocycles. The molecule has 1 aliphatic rings. The smallest absolute Gasteiger partial charge is 0.220 e. The van der Waals surface area contributed by atoms with Crippen molar-refractivity contribution >= 4 is 5.91 Å². The molecular formula is C16H21F2NO3. The molecule has 1 saturated heterocycles. The number of hydrogen-bond donors (Lipinski definition) is 2. The van der Waals surface area contributed by atoms with Gasteiger partial charge in [-0.1, -0.05) is 6.07 Å². The minimum atomic E-state index is -1.60. The second-order valence-electron chi connectivity index (χ2n) is 5.85. The summed E-state index contributed by atoms with van der Waals surface area (Å²) < 4.78 is 32.0. The average Bonchev–Trinajstić information content (AvgIpc) is 2.96. The monoisotopic (exact) mass is 313 g/mol. The van der Waals surface area contributed by atoms with Gasteiger partial charge in [0.2, 0.25) is 5.91 Å². The highest BCUT2D eigenvalue weighted by molar-refractivity contribution is 5.76. The van der Waals surface area contributed by atoms with Gasteiger partial charge in [0, 0.05) is 24.7 Å². The third-order valence-corrected chi connectivity index (χ3v) is 3.86. The van der Waals surface area contributed by atoms with Gasteiger partial charge in [0.1, 0.15) is 17.2 Å². The van der Waals surface area contributed by atoms with E-state index >= 15 is 0 Å². The molecule has 0 bridgehead atoms. The molecule has 6 heteroatoms. The van der Waals surface area contributed by atoms with E-state index in [-0.39, 0.29) is 24.1 Å². The number of carbonyl (C=O) groups excluding carboxylic acids is 1. The van der Waals surface area contributed by atoms with Gasteiger partial charge in [-0.3, -0.25) is 4.79 Å². The van der Waals surface area contributed by atoms with Crippen molar-refractivity contribution in [2.45, 2.75) is 44.3 Å². The Hall–Kier alpha value is -1.53. The molecule has 0 spiro atoms. The summed E-state index contributed by atoms with van der Waals surface area (Å²) in [4.78, 5) is 11.8. The number of aliphatic hydroxyl groups is 1. The van der Waals surface area contributed by atoms with Crippen molar-refractivity contribution in [2.75, 3.05) is 13.2 Å². The Morgan fingerprint density at radius 2 is 2.27 bits per heavy atom. The summed E-state index contributed by atoms with van der Waals surface area (Å²) in [5.41, 5.74) is -1.65. The number of amides is 1. The molecule has 0 radical (unpaired) electrons. The Morgan fingerprint density at radius 1 is 1.50 bits per heavy atom. The van der Waals surface area contributed by atoms with Crippen LogP contribution in [-0.2, 0) is 15.1 Å². The zero-order valence-electron chi connectivity index (χ0n) is 12.6. The van der Waals surface area contributed by atoms with E-state index < -0.39 is 17.2 Å². The predicted molar refractivity (Wildman–Crippen MR) is 77.1 cm³/mol. The summed E-state index contributed by atoms with van der Waals surface area (Å²) in [5.74, 6) is -1.77. The first-order valence-electron chi connectivity index (χ1n) is 7.45. The Morgan fingerprint density at radius 3 is 2.91 bits per heavy atom. The maximum atomic E-state index is 13.7. The maximum absolute atomic E-state index is 13.7. The second kappa shape index (κ2) is 7.15. The van der Waals surface area contributed by atoms with E-state index in [1.165, 1.54) is 13.0 Å². The van der Waals surface area contributed by atoms with Crippen molar-refractivity contribution in [3.8, 4) is 0 Å². The van der Waals surface area contributed by atoms with Crippen LogP contribution in [0.1, 0.15) is 38.2 Å². The molecule has 1 aromatic rings. The van der Waals surface area contributed by atoms with E-state index in [9.17, 15) is 18.7 Å². The first kappa shape index (κ1) is 16.8. The molecule has 1 heterocycles. The predicted octanol–water partition coefficient (Wildman–Crippen LogP) is 2.25. The van der Waals surface area contributed by atoms with E-state index in [1.54, 1.807) is 0 Å². The van der Waals surface area contributed by atoms with E-state index in [4.69, 9.17) is 4.74 Å². The molecule has 122 valence electrons. The molecule has 22 heavy (non-hydrogen) atoms. The molecule has 2 N–H and O–H groups in total. The lowest BCUT2D eigenvalue weighted by Crippen LogP contribution is -2.39. The van der Waals surface area contributed by atoms with Gasteiger partial charge in [-0.25, -0.2) is 8.78 Å². The van der Waals surface area contributed by atoms with Gasteiger partial charge in [-0.05, 0) is 32.3 Å². The molecule has 1 amide bonds. The number of hydrogen-bond acceptors (Lipinski definition) is 3. The van der Waals surface area contributed by atoms with Crippen LogP contribution in [0.2, 0.25) is 0 Å². The summed E-state index contributed by atoms with van der Waals surface area (Å²) >= 11 is 0. The van der Waals surface area contributed by atoms with E-state index in [0.717, 1.165) is 25.5 Å². The topological polar surface area (TPSA) is 58.6 Å². The molecule has 1 aliphatic heterocycles. The van der Waals surface area contributed by atoms with E-state index in [2.05, 4.69) is 5.32 Å². The molecule has 2 atom stereocenters.